The zero-order chi connectivity index (χ0) is 9.84. The highest BCUT2D eigenvalue weighted by molar-refractivity contribution is 5.70. The van der Waals surface area contributed by atoms with E-state index in [-0.39, 0.29) is 12.6 Å². The van der Waals surface area contributed by atoms with Crippen LogP contribution in [0, 0.1) is 17.2 Å². The van der Waals surface area contributed by atoms with Crippen LogP contribution in [-0.2, 0) is 4.79 Å². The number of carboxylic acids is 1. The van der Waals surface area contributed by atoms with Crippen molar-refractivity contribution >= 4 is 5.97 Å². The van der Waals surface area contributed by atoms with Gasteiger partial charge in [-0.25, -0.2) is 0 Å². The number of carboxylic acid groups (broad SMARTS) is 1. The molecule has 1 saturated heterocycles. The van der Waals surface area contributed by atoms with Crippen LogP contribution in [0.25, 0.3) is 0 Å². The molecule has 13 heavy (non-hydrogen) atoms. The van der Waals surface area contributed by atoms with Gasteiger partial charge in [-0.1, -0.05) is 0 Å². The monoisotopic (exact) mass is 183 g/mol. The summed E-state index contributed by atoms with van der Waals surface area (Å²) in [5.41, 5.74) is 5.67. The van der Waals surface area contributed by atoms with Crippen LogP contribution in [0.15, 0.2) is 0 Å². The molecule has 0 saturated carbocycles. The highest BCUT2D eigenvalue weighted by Gasteiger charge is 2.29. The maximum absolute atomic E-state index is 10.7. The minimum absolute atomic E-state index is 0.122. The summed E-state index contributed by atoms with van der Waals surface area (Å²) in [4.78, 5) is 12.5. The second kappa shape index (κ2) is 4.21. The van der Waals surface area contributed by atoms with Gasteiger partial charge in [-0.3, -0.25) is 9.69 Å². The maximum Gasteiger partial charge on any atom is 0.307 e. The molecule has 0 spiro atoms. The van der Waals surface area contributed by atoms with Crippen LogP contribution in [0.5, 0.6) is 0 Å². The molecular formula is C8H13N3O2. The van der Waals surface area contributed by atoms with Crippen molar-refractivity contribution in [2.75, 3.05) is 19.6 Å². The first-order valence-corrected chi connectivity index (χ1v) is 4.21. The quantitative estimate of drug-likeness (QED) is 0.549. The van der Waals surface area contributed by atoms with Gasteiger partial charge in [0.25, 0.3) is 0 Å². The zero-order valence-electron chi connectivity index (χ0n) is 7.31. The van der Waals surface area contributed by atoms with Gasteiger partial charge in [0, 0.05) is 19.1 Å². The molecule has 72 valence electrons. The molecule has 0 aromatic rings. The molecule has 2 atom stereocenters. The Morgan fingerprint density at radius 1 is 1.69 bits per heavy atom. The summed E-state index contributed by atoms with van der Waals surface area (Å²) in [7, 11) is 0. The number of hydrogen-bond acceptors (Lipinski definition) is 4. The molecule has 0 radical (unpaired) electrons. The Labute approximate surface area is 76.7 Å². The number of carbonyl (C=O) groups is 1. The van der Waals surface area contributed by atoms with Crippen LogP contribution >= 0.6 is 0 Å². The molecule has 1 aliphatic heterocycles. The predicted molar refractivity (Wildman–Crippen MR) is 45.8 cm³/mol. The van der Waals surface area contributed by atoms with Crippen LogP contribution in [0.1, 0.15) is 6.42 Å². The third-order valence-electron chi connectivity index (χ3n) is 2.20. The summed E-state index contributed by atoms with van der Waals surface area (Å²) >= 11 is 0. The summed E-state index contributed by atoms with van der Waals surface area (Å²) in [5.74, 6) is -1.24. The Morgan fingerprint density at radius 2 is 2.38 bits per heavy atom. The van der Waals surface area contributed by atoms with Gasteiger partial charge in [0.1, 0.15) is 0 Å². The van der Waals surface area contributed by atoms with Gasteiger partial charge in [-0.05, 0) is 6.42 Å². The van der Waals surface area contributed by atoms with Crippen molar-refractivity contribution in [3.05, 3.63) is 0 Å². The second-order valence-corrected chi connectivity index (χ2v) is 3.38. The number of nitrogens with two attached hydrogens (primary N) is 1. The predicted octanol–water partition coefficient (Wildman–Crippen LogP) is -0.756. The highest BCUT2D eigenvalue weighted by Crippen LogP contribution is 2.15. The van der Waals surface area contributed by atoms with E-state index in [1.807, 2.05) is 6.07 Å². The number of aliphatic carboxylic acids is 1. The summed E-state index contributed by atoms with van der Waals surface area (Å²) in [6.07, 6.45) is 0.511. The van der Waals surface area contributed by atoms with E-state index in [0.717, 1.165) is 0 Å². The van der Waals surface area contributed by atoms with Gasteiger partial charge in [-0.2, -0.15) is 5.26 Å². The molecule has 0 aliphatic carbocycles. The van der Waals surface area contributed by atoms with Crippen molar-refractivity contribution in [2.24, 2.45) is 11.7 Å². The molecule has 1 heterocycles. The summed E-state index contributed by atoms with van der Waals surface area (Å²) in [6, 6.07) is 1.87. The molecule has 5 nitrogen and oxygen atoms in total. The lowest BCUT2D eigenvalue weighted by Gasteiger charge is -2.32. The lowest BCUT2D eigenvalue weighted by atomic mass is 9.95. The van der Waals surface area contributed by atoms with Crippen LogP contribution in [0.2, 0.25) is 0 Å². The van der Waals surface area contributed by atoms with Crippen molar-refractivity contribution in [1.82, 2.24) is 4.90 Å². The molecule has 0 aromatic heterocycles. The summed E-state index contributed by atoms with van der Waals surface area (Å²) in [6.45, 7) is 1.32. The van der Waals surface area contributed by atoms with Crippen LogP contribution in [0.3, 0.4) is 0 Å². The summed E-state index contributed by atoms with van der Waals surface area (Å²) in [5, 5.41) is 17.2. The normalized spacial score (nSPS) is 29.5. The first-order valence-electron chi connectivity index (χ1n) is 4.21. The minimum atomic E-state index is -0.821. The van der Waals surface area contributed by atoms with E-state index >= 15 is 0 Å². The van der Waals surface area contributed by atoms with Crippen LogP contribution in [0.4, 0.5) is 0 Å². The summed E-state index contributed by atoms with van der Waals surface area (Å²) < 4.78 is 0. The van der Waals surface area contributed by atoms with Gasteiger partial charge < -0.3 is 10.8 Å². The number of nitrogens with zero attached hydrogens (tertiary/aromatic N) is 2. The molecule has 1 aliphatic rings. The van der Waals surface area contributed by atoms with Crippen molar-refractivity contribution in [3.8, 4) is 6.07 Å². The van der Waals surface area contributed by atoms with Gasteiger partial charge in [-0.15, -0.1) is 0 Å². The first kappa shape index (κ1) is 9.96. The van der Waals surface area contributed by atoms with E-state index in [1.54, 1.807) is 4.90 Å². The first-order chi connectivity index (χ1) is 6.13. The lowest BCUT2D eigenvalue weighted by molar-refractivity contribution is -0.143. The highest BCUT2D eigenvalue weighted by atomic mass is 16.4. The molecule has 1 fully saturated rings. The van der Waals surface area contributed by atoms with E-state index in [9.17, 15) is 4.79 Å². The molecular weight excluding hydrogens is 170 g/mol. The van der Waals surface area contributed by atoms with Crippen LogP contribution < -0.4 is 5.73 Å². The third kappa shape index (κ3) is 2.68. The van der Waals surface area contributed by atoms with Crippen molar-refractivity contribution in [2.45, 2.75) is 12.5 Å². The average Bonchev–Trinajstić information content (AvgIpc) is 2.03. The molecule has 5 heteroatoms. The Hall–Kier alpha value is -1.12. The van der Waals surface area contributed by atoms with Crippen molar-refractivity contribution < 1.29 is 9.90 Å². The zero-order valence-corrected chi connectivity index (χ0v) is 7.31. The van der Waals surface area contributed by atoms with E-state index in [0.29, 0.717) is 19.5 Å². The fourth-order valence-electron chi connectivity index (χ4n) is 1.64. The minimum Gasteiger partial charge on any atom is -0.481 e. The Bertz CT molecular complexity index is 236. The fraction of sp³-hybridized carbons (Fsp3) is 0.750. The maximum atomic E-state index is 10.7. The van der Waals surface area contributed by atoms with Gasteiger partial charge in [0.15, 0.2) is 0 Å². The van der Waals surface area contributed by atoms with Crippen molar-refractivity contribution in [3.63, 3.8) is 0 Å². The van der Waals surface area contributed by atoms with E-state index < -0.39 is 11.9 Å². The Morgan fingerprint density at radius 3 is 2.92 bits per heavy atom. The smallest absolute Gasteiger partial charge is 0.307 e. The number of nitriles is 1. The molecule has 0 amide bonds. The SMILES string of the molecule is N#CCN1CC(N)CC(C(=O)O)C1. The third-order valence-corrected chi connectivity index (χ3v) is 2.20. The molecule has 2 unspecified atom stereocenters. The molecule has 0 aromatic carbocycles. The van der Waals surface area contributed by atoms with E-state index in [1.165, 1.54) is 0 Å². The number of hydrogen-bond donors (Lipinski definition) is 2. The number of rotatable bonds is 2. The van der Waals surface area contributed by atoms with E-state index in [2.05, 4.69) is 0 Å². The van der Waals surface area contributed by atoms with Gasteiger partial charge in [0.05, 0.1) is 18.5 Å². The Balaban J connectivity index is 2.53. The Kier molecular flexibility index (Phi) is 3.23. The fourth-order valence-corrected chi connectivity index (χ4v) is 1.64. The topological polar surface area (TPSA) is 90.4 Å². The van der Waals surface area contributed by atoms with Gasteiger partial charge in [0.2, 0.25) is 0 Å². The number of piperidine rings is 1. The van der Waals surface area contributed by atoms with Crippen molar-refractivity contribution in [1.29, 1.82) is 5.26 Å². The number of likely N-dealkylation sites (tertiary alicyclic amines) is 1. The molecule has 0 bridgehead atoms. The lowest BCUT2D eigenvalue weighted by Crippen LogP contribution is -2.49. The van der Waals surface area contributed by atoms with Gasteiger partial charge >= 0.3 is 5.97 Å². The van der Waals surface area contributed by atoms with Crippen LogP contribution in [-0.4, -0.2) is 41.7 Å². The van der Waals surface area contributed by atoms with E-state index in [4.69, 9.17) is 16.1 Å². The standard InChI is InChI=1S/C8H13N3O2/c9-1-2-11-4-6(8(12)13)3-7(10)5-11/h6-7H,2-5,10H2,(H,12,13). The average molecular weight is 183 g/mol. The molecule has 1 rings (SSSR count). The molecule has 3 N–H and O–H groups in total. The largest absolute Gasteiger partial charge is 0.481 e. The second-order valence-electron chi connectivity index (χ2n) is 3.38.